The monoisotopic (exact) mass is 255 g/mol. The Morgan fingerprint density at radius 3 is 2.31 bits per heavy atom. The molecule has 0 bridgehead atoms. The van der Waals surface area contributed by atoms with Gasteiger partial charge in [0.05, 0.1) is 10.4 Å². The minimum Gasteiger partial charge on any atom is -0.382 e. The Balaban J connectivity index is 0.00000128. The highest BCUT2D eigenvalue weighted by molar-refractivity contribution is 7.13. The molecule has 0 saturated heterocycles. The van der Waals surface area contributed by atoms with E-state index in [0.29, 0.717) is 5.82 Å². The van der Waals surface area contributed by atoms with E-state index in [1.54, 1.807) is 16.8 Å². The SMILES string of the molecule is C[C@H](N)c1ccc(-c2scnc2N)cc1.Cl. The number of halogens is 1. The highest BCUT2D eigenvalue weighted by atomic mass is 35.5. The maximum atomic E-state index is 5.78. The number of hydrogen-bond acceptors (Lipinski definition) is 4. The zero-order valence-corrected chi connectivity index (χ0v) is 10.5. The van der Waals surface area contributed by atoms with Crippen LogP contribution >= 0.6 is 23.7 Å². The van der Waals surface area contributed by atoms with Gasteiger partial charge in [-0.05, 0) is 18.1 Å². The molecule has 0 fully saturated rings. The van der Waals surface area contributed by atoms with E-state index in [1.165, 1.54) is 0 Å². The first kappa shape index (κ1) is 13.0. The molecule has 0 saturated carbocycles. The zero-order valence-electron chi connectivity index (χ0n) is 8.88. The van der Waals surface area contributed by atoms with E-state index in [0.717, 1.165) is 16.0 Å². The van der Waals surface area contributed by atoms with Crippen LogP contribution in [0, 0.1) is 0 Å². The van der Waals surface area contributed by atoms with Gasteiger partial charge in [-0.25, -0.2) is 4.98 Å². The third-order valence-corrected chi connectivity index (χ3v) is 3.19. The van der Waals surface area contributed by atoms with Gasteiger partial charge >= 0.3 is 0 Å². The lowest BCUT2D eigenvalue weighted by Gasteiger charge is -2.06. The summed E-state index contributed by atoms with van der Waals surface area (Å²) in [6, 6.07) is 8.18. The Kier molecular flexibility index (Phi) is 4.29. The third kappa shape index (κ3) is 2.52. The van der Waals surface area contributed by atoms with Crippen molar-refractivity contribution in [1.29, 1.82) is 0 Å². The number of aromatic nitrogens is 1. The second-order valence-electron chi connectivity index (χ2n) is 3.48. The molecule has 1 aromatic heterocycles. The van der Waals surface area contributed by atoms with Crippen LogP contribution in [-0.4, -0.2) is 4.98 Å². The van der Waals surface area contributed by atoms with Gasteiger partial charge in [0.15, 0.2) is 0 Å². The van der Waals surface area contributed by atoms with Crippen LogP contribution in [0.2, 0.25) is 0 Å². The normalized spacial score (nSPS) is 11.9. The Hall–Kier alpha value is -1.10. The van der Waals surface area contributed by atoms with E-state index in [9.17, 15) is 0 Å². The standard InChI is InChI=1S/C11H13N3S.ClH/c1-7(12)8-2-4-9(5-3-8)10-11(13)14-6-15-10;/h2-7H,12-13H2,1H3;1H/t7-;/m0./s1. The molecule has 0 amide bonds. The van der Waals surface area contributed by atoms with Gasteiger partial charge < -0.3 is 11.5 Å². The molecule has 0 aliphatic heterocycles. The first-order valence-electron chi connectivity index (χ1n) is 4.73. The predicted octanol–water partition coefficient (Wildman–Crippen LogP) is 2.83. The largest absolute Gasteiger partial charge is 0.382 e. The van der Waals surface area contributed by atoms with Crippen molar-refractivity contribution in [2.45, 2.75) is 13.0 Å². The number of rotatable bonds is 2. The van der Waals surface area contributed by atoms with Gasteiger partial charge in [-0.3, -0.25) is 0 Å². The van der Waals surface area contributed by atoms with Crippen LogP contribution in [0.3, 0.4) is 0 Å². The topological polar surface area (TPSA) is 64.9 Å². The lowest BCUT2D eigenvalue weighted by atomic mass is 10.1. The fourth-order valence-corrected chi connectivity index (χ4v) is 2.13. The number of hydrogen-bond donors (Lipinski definition) is 2. The van der Waals surface area contributed by atoms with E-state index in [-0.39, 0.29) is 18.4 Å². The smallest absolute Gasteiger partial charge is 0.142 e. The molecule has 3 nitrogen and oxygen atoms in total. The summed E-state index contributed by atoms with van der Waals surface area (Å²) >= 11 is 1.55. The summed E-state index contributed by atoms with van der Waals surface area (Å²) in [5.41, 5.74) is 15.5. The van der Waals surface area contributed by atoms with Gasteiger partial charge in [0.2, 0.25) is 0 Å². The molecule has 1 atom stereocenters. The van der Waals surface area contributed by atoms with Crippen LogP contribution < -0.4 is 11.5 Å². The Morgan fingerprint density at radius 2 is 1.88 bits per heavy atom. The highest BCUT2D eigenvalue weighted by Crippen LogP contribution is 2.29. The van der Waals surface area contributed by atoms with Crippen LogP contribution in [0.25, 0.3) is 10.4 Å². The van der Waals surface area contributed by atoms with Crippen molar-refractivity contribution in [3.05, 3.63) is 35.3 Å². The first-order chi connectivity index (χ1) is 7.18. The number of nitrogens with two attached hydrogens (primary N) is 2. The van der Waals surface area contributed by atoms with Gasteiger partial charge in [0.1, 0.15) is 5.82 Å². The summed E-state index contributed by atoms with van der Waals surface area (Å²) in [5.74, 6) is 0.591. The van der Waals surface area contributed by atoms with Gasteiger partial charge in [0, 0.05) is 6.04 Å². The van der Waals surface area contributed by atoms with Gasteiger partial charge in [-0.2, -0.15) is 0 Å². The molecule has 0 aliphatic carbocycles. The lowest BCUT2D eigenvalue weighted by molar-refractivity contribution is 0.818. The van der Waals surface area contributed by atoms with Gasteiger partial charge in [-0.1, -0.05) is 24.3 Å². The van der Waals surface area contributed by atoms with E-state index >= 15 is 0 Å². The average Bonchev–Trinajstić information content (AvgIpc) is 2.65. The van der Waals surface area contributed by atoms with Crippen molar-refractivity contribution < 1.29 is 0 Å². The molecule has 1 heterocycles. The highest BCUT2D eigenvalue weighted by Gasteiger charge is 2.05. The molecule has 1 aromatic carbocycles. The summed E-state index contributed by atoms with van der Waals surface area (Å²) in [6.07, 6.45) is 0. The molecule has 86 valence electrons. The molecular formula is C11H14ClN3S. The van der Waals surface area contributed by atoms with E-state index < -0.39 is 0 Å². The second kappa shape index (κ2) is 5.30. The van der Waals surface area contributed by atoms with Crippen molar-refractivity contribution in [1.82, 2.24) is 4.98 Å². The molecule has 0 unspecified atom stereocenters. The molecule has 16 heavy (non-hydrogen) atoms. The van der Waals surface area contributed by atoms with Crippen molar-refractivity contribution in [2.24, 2.45) is 5.73 Å². The third-order valence-electron chi connectivity index (χ3n) is 2.29. The van der Waals surface area contributed by atoms with Gasteiger partial charge in [-0.15, -0.1) is 23.7 Å². The minimum atomic E-state index is 0. The molecule has 4 N–H and O–H groups in total. The number of thiazole rings is 1. The van der Waals surface area contributed by atoms with Crippen LogP contribution in [0.5, 0.6) is 0 Å². The van der Waals surface area contributed by atoms with Crippen LogP contribution in [0.15, 0.2) is 29.8 Å². The summed E-state index contributed by atoms with van der Waals surface area (Å²) in [5, 5.41) is 0. The quantitative estimate of drug-likeness (QED) is 0.867. The zero-order chi connectivity index (χ0) is 10.8. The molecule has 2 rings (SSSR count). The Labute approximate surface area is 105 Å². The van der Waals surface area contributed by atoms with Crippen LogP contribution in [0.4, 0.5) is 5.82 Å². The molecule has 5 heteroatoms. The number of anilines is 1. The van der Waals surface area contributed by atoms with Crippen LogP contribution in [0.1, 0.15) is 18.5 Å². The number of benzene rings is 1. The van der Waals surface area contributed by atoms with Crippen molar-refractivity contribution in [2.75, 3.05) is 5.73 Å². The van der Waals surface area contributed by atoms with E-state index in [4.69, 9.17) is 11.5 Å². The second-order valence-corrected chi connectivity index (χ2v) is 4.33. The minimum absolute atomic E-state index is 0. The molecule has 2 aromatic rings. The molecule has 0 aliphatic rings. The number of nitrogen functional groups attached to an aromatic ring is 1. The summed E-state index contributed by atoms with van der Waals surface area (Å²) < 4.78 is 0. The maximum Gasteiger partial charge on any atom is 0.142 e. The first-order valence-corrected chi connectivity index (χ1v) is 5.61. The molecule has 0 spiro atoms. The molecular weight excluding hydrogens is 242 g/mol. The predicted molar refractivity (Wildman–Crippen MR) is 71.8 cm³/mol. The number of nitrogens with zero attached hydrogens (tertiary/aromatic N) is 1. The van der Waals surface area contributed by atoms with Crippen molar-refractivity contribution >= 4 is 29.6 Å². The summed E-state index contributed by atoms with van der Waals surface area (Å²) in [7, 11) is 0. The fourth-order valence-electron chi connectivity index (χ4n) is 1.41. The Bertz CT molecular complexity index is 451. The molecule has 0 radical (unpaired) electrons. The van der Waals surface area contributed by atoms with Crippen molar-refractivity contribution in [3.8, 4) is 10.4 Å². The van der Waals surface area contributed by atoms with Crippen molar-refractivity contribution in [3.63, 3.8) is 0 Å². The lowest BCUT2D eigenvalue weighted by Crippen LogP contribution is -2.04. The Morgan fingerprint density at radius 1 is 1.25 bits per heavy atom. The van der Waals surface area contributed by atoms with Crippen LogP contribution in [-0.2, 0) is 0 Å². The fraction of sp³-hybridized carbons (Fsp3) is 0.182. The van der Waals surface area contributed by atoms with Gasteiger partial charge in [0.25, 0.3) is 0 Å². The average molecular weight is 256 g/mol. The summed E-state index contributed by atoms with van der Waals surface area (Å²) in [6.45, 7) is 1.97. The summed E-state index contributed by atoms with van der Waals surface area (Å²) in [4.78, 5) is 5.04. The van der Waals surface area contributed by atoms with E-state index in [2.05, 4.69) is 4.98 Å². The maximum absolute atomic E-state index is 5.78. The van der Waals surface area contributed by atoms with E-state index in [1.807, 2.05) is 31.2 Å².